The van der Waals surface area contributed by atoms with Gasteiger partial charge in [-0.1, -0.05) is 0 Å². The highest BCUT2D eigenvalue weighted by Gasteiger charge is 2.36. The maximum absolute atomic E-state index is 12.2. The molecule has 17 heavy (non-hydrogen) atoms. The minimum absolute atomic E-state index is 0.0451. The molecule has 1 aliphatic rings. The van der Waals surface area contributed by atoms with Crippen LogP contribution < -0.4 is 10.6 Å². The summed E-state index contributed by atoms with van der Waals surface area (Å²) in [5.41, 5.74) is 0. The number of anilines is 1. The first-order valence-corrected chi connectivity index (χ1v) is 5.66. The number of hydrogen-bond donors (Lipinski definition) is 2. The SMILES string of the molecule is O=C1CCC(Nc2nc(C(F)(F)F)ns2)CN1. The topological polar surface area (TPSA) is 66.9 Å². The minimum atomic E-state index is -4.52. The largest absolute Gasteiger partial charge is 0.452 e. The summed E-state index contributed by atoms with van der Waals surface area (Å²) < 4.78 is 39.9. The van der Waals surface area contributed by atoms with Crippen molar-refractivity contribution in [2.24, 2.45) is 0 Å². The Hall–Kier alpha value is -1.38. The molecule has 5 nitrogen and oxygen atoms in total. The van der Waals surface area contributed by atoms with Crippen molar-refractivity contribution in [2.45, 2.75) is 25.1 Å². The zero-order chi connectivity index (χ0) is 12.5. The third-order valence-corrected chi connectivity index (χ3v) is 2.92. The van der Waals surface area contributed by atoms with Crippen molar-refractivity contribution in [1.29, 1.82) is 0 Å². The molecule has 9 heteroatoms. The van der Waals surface area contributed by atoms with E-state index in [9.17, 15) is 18.0 Å². The fourth-order valence-electron chi connectivity index (χ4n) is 1.43. The quantitative estimate of drug-likeness (QED) is 0.845. The summed E-state index contributed by atoms with van der Waals surface area (Å²) in [6.07, 6.45) is -3.58. The molecule has 0 spiro atoms. The number of halogens is 3. The van der Waals surface area contributed by atoms with Crippen molar-refractivity contribution in [3.05, 3.63) is 5.82 Å². The van der Waals surface area contributed by atoms with Crippen LogP contribution in [0.2, 0.25) is 0 Å². The predicted molar refractivity (Wildman–Crippen MR) is 54.6 cm³/mol. The first kappa shape index (κ1) is 12.1. The van der Waals surface area contributed by atoms with Gasteiger partial charge < -0.3 is 10.6 Å². The van der Waals surface area contributed by atoms with E-state index in [-0.39, 0.29) is 17.1 Å². The van der Waals surface area contributed by atoms with Gasteiger partial charge >= 0.3 is 6.18 Å². The summed E-state index contributed by atoms with van der Waals surface area (Å²) in [7, 11) is 0. The fraction of sp³-hybridized carbons (Fsp3) is 0.625. The lowest BCUT2D eigenvalue weighted by molar-refractivity contribution is -0.144. The van der Waals surface area contributed by atoms with Crippen molar-refractivity contribution in [3.63, 3.8) is 0 Å². The zero-order valence-corrected chi connectivity index (χ0v) is 9.36. The number of alkyl halides is 3. The van der Waals surface area contributed by atoms with E-state index in [1.54, 1.807) is 0 Å². The number of nitrogens with zero attached hydrogens (tertiary/aromatic N) is 2. The molecule has 1 atom stereocenters. The molecule has 1 aromatic rings. The maximum atomic E-state index is 12.2. The van der Waals surface area contributed by atoms with Crippen LogP contribution in [0.4, 0.5) is 18.3 Å². The lowest BCUT2D eigenvalue weighted by Crippen LogP contribution is -2.41. The van der Waals surface area contributed by atoms with Crippen LogP contribution in [0.1, 0.15) is 18.7 Å². The Balaban J connectivity index is 1.95. The molecule has 0 aromatic carbocycles. The maximum Gasteiger partial charge on any atom is 0.452 e. The normalized spacial score (nSPS) is 21.1. The van der Waals surface area contributed by atoms with Crippen molar-refractivity contribution in [1.82, 2.24) is 14.7 Å². The van der Waals surface area contributed by atoms with Crippen LogP contribution >= 0.6 is 11.5 Å². The van der Waals surface area contributed by atoms with Gasteiger partial charge in [0.2, 0.25) is 16.9 Å². The summed E-state index contributed by atoms with van der Waals surface area (Å²) in [4.78, 5) is 14.2. The van der Waals surface area contributed by atoms with Crippen molar-refractivity contribution >= 4 is 22.6 Å². The number of carbonyl (C=O) groups excluding carboxylic acids is 1. The molecule has 2 heterocycles. The van der Waals surface area contributed by atoms with Crippen LogP contribution in [-0.2, 0) is 11.0 Å². The molecule has 1 aromatic heterocycles. The highest BCUT2D eigenvalue weighted by atomic mass is 32.1. The summed E-state index contributed by atoms with van der Waals surface area (Å²) in [6, 6.07) is -0.0956. The number of aromatic nitrogens is 2. The van der Waals surface area contributed by atoms with Crippen LogP contribution in [-0.4, -0.2) is 27.9 Å². The third kappa shape index (κ3) is 3.05. The predicted octanol–water partition coefficient (Wildman–Crippen LogP) is 1.25. The van der Waals surface area contributed by atoms with E-state index in [2.05, 4.69) is 20.0 Å². The van der Waals surface area contributed by atoms with Crippen LogP contribution in [0, 0.1) is 0 Å². The molecule has 1 saturated heterocycles. The van der Waals surface area contributed by atoms with Crippen LogP contribution in [0.15, 0.2) is 0 Å². The van der Waals surface area contributed by atoms with Gasteiger partial charge in [0.1, 0.15) is 0 Å². The van der Waals surface area contributed by atoms with Gasteiger partial charge in [0.25, 0.3) is 0 Å². The zero-order valence-electron chi connectivity index (χ0n) is 8.54. The van der Waals surface area contributed by atoms with Gasteiger partial charge in [-0.15, -0.1) is 0 Å². The Kier molecular flexibility index (Phi) is 3.18. The summed E-state index contributed by atoms with van der Waals surface area (Å²) in [6.45, 7) is 0.389. The third-order valence-electron chi connectivity index (χ3n) is 2.27. The number of amides is 1. The molecule has 1 aliphatic heterocycles. The van der Waals surface area contributed by atoms with E-state index < -0.39 is 12.0 Å². The lowest BCUT2D eigenvalue weighted by atomic mass is 10.1. The number of carbonyl (C=O) groups is 1. The Morgan fingerprint density at radius 1 is 1.47 bits per heavy atom. The second-order valence-electron chi connectivity index (χ2n) is 3.60. The van der Waals surface area contributed by atoms with Crippen molar-refractivity contribution < 1.29 is 18.0 Å². The second-order valence-corrected chi connectivity index (χ2v) is 4.36. The van der Waals surface area contributed by atoms with Gasteiger partial charge in [0, 0.05) is 30.5 Å². The van der Waals surface area contributed by atoms with Crippen molar-refractivity contribution in [2.75, 3.05) is 11.9 Å². The Bertz CT molecular complexity index is 409. The van der Waals surface area contributed by atoms with Crippen LogP contribution in [0.3, 0.4) is 0 Å². The average molecular weight is 266 g/mol. The molecule has 0 bridgehead atoms. The second kappa shape index (κ2) is 4.47. The molecule has 1 unspecified atom stereocenters. The van der Waals surface area contributed by atoms with Crippen LogP contribution in [0.25, 0.3) is 0 Å². The first-order valence-electron chi connectivity index (χ1n) is 4.89. The Morgan fingerprint density at radius 3 is 2.76 bits per heavy atom. The van der Waals surface area contributed by atoms with E-state index in [1.807, 2.05) is 0 Å². The van der Waals surface area contributed by atoms with Crippen molar-refractivity contribution in [3.8, 4) is 0 Å². The molecule has 0 radical (unpaired) electrons. The Labute approximate surface area is 98.6 Å². The molecule has 2 rings (SSSR count). The number of hydrogen-bond acceptors (Lipinski definition) is 5. The highest BCUT2D eigenvalue weighted by molar-refractivity contribution is 7.09. The number of rotatable bonds is 2. The molecule has 1 fully saturated rings. The number of nitrogens with one attached hydrogen (secondary N) is 2. The summed E-state index contributed by atoms with van der Waals surface area (Å²) >= 11 is 0.666. The van der Waals surface area contributed by atoms with E-state index in [0.29, 0.717) is 30.9 Å². The van der Waals surface area contributed by atoms with Gasteiger partial charge in [-0.2, -0.15) is 22.5 Å². The molecule has 2 N–H and O–H groups in total. The van der Waals surface area contributed by atoms with E-state index in [1.165, 1.54) is 0 Å². The highest BCUT2D eigenvalue weighted by Crippen LogP contribution is 2.29. The molecule has 0 aliphatic carbocycles. The van der Waals surface area contributed by atoms with E-state index >= 15 is 0 Å². The molecular formula is C8H9F3N4OS. The van der Waals surface area contributed by atoms with E-state index in [4.69, 9.17) is 0 Å². The smallest absolute Gasteiger partial charge is 0.356 e. The fourth-order valence-corrected chi connectivity index (χ4v) is 2.09. The van der Waals surface area contributed by atoms with Gasteiger partial charge in [0.05, 0.1) is 0 Å². The summed E-state index contributed by atoms with van der Waals surface area (Å²) in [5.74, 6) is -1.18. The minimum Gasteiger partial charge on any atom is -0.356 e. The van der Waals surface area contributed by atoms with E-state index in [0.717, 1.165) is 0 Å². The standard InChI is InChI=1S/C8H9F3N4OS/c9-8(10,11)6-14-7(17-15-6)13-4-1-2-5(16)12-3-4/h4H,1-3H2,(H,12,16)(H,13,14,15). The van der Waals surface area contributed by atoms with Gasteiger partial charge in [0.15, 0.2) is 0 Å². The molecule has 0 saturated carbocycles. The first-order chi connectivity index (χ1) is 7.95. The summed E-state index contributed by atoms with van der Waals surface area (Å²) in [5, 5.41) is 5.57. The van der Waals surface area contributed by atoms with Gasteiger partial charge in [-0.05, 0) is 6.42 Å². The monoisotopic (exact) mass is 266 g/mol. The van der Waals surface area contributed by atoms with Crippen LogP contribution in [0.5, 0.6) is 0 Å². The number of piperidine rings is 1. The van der Waals surface area contributed by atoms with Gasteiger partial charge in [-0.25, -0.2) is 0 Å². The molecule has 94 valence electrons. The molecular weight excluding hydrogens is 257 g/mol. The molecule has 1 amide bonds. The Morgan fingerprint density at radius 2 is 2.24 bits per heavy atom. The van der Waals surface area contributed by atoms with Gasteiger partial charge in [-0.3, -0.25) is 4.79 Å². The lowest BCUT2D eigenvalue weighted by Gasteiger charge is -2.22. The average Bonchev–Trinajstić information content (AvgIpc) is 2.69.